The number of aromatic hydroxyl groups is 1. The number of allylic oxidation sites excluding steroid dienone is 1. The van der Waals surface area contributed by atoms with Gasteiger partial charge in [0.15, 0.2) is 0 Å². The monoisotopic (exact) mass is 362 g/mol. The number of nitrogens with zero attached hydrogens (tertiary/aromatic N) is 1. The van der Waals surface area contributed by atoms with Gasteiger partial charge in [-0.1, -0.05) is 36.4 Å². The van der Waals surface area contributed by atoms with Gasteiger partial charge in [0.2, 0.25) is 0 Å². The van der Waals surface area contributed by atoms with E-state index in [1.54, 1.807) is 25.2 Å². The van der Waals surface area contributed by atoms with Gasteiger partial charge in [-0.15, -0.1) is 0 Å². The first-order chi connectivity index (χ1) is 13.0. The Hall–Kier alpha value is -3.54. The number of fused-ring (bicyclic) bond motifs is 3. The third-order valence-electron chi connectivity index (χ3n) is 4.94. The van der Waals surface area contributed by atoms with Crippen LogP contribution in [-0.4, -0.2) is 17.1 Å². The predicted molar refractivity (Wildman–Crippen MR) is 102 cm³/mol. The van der Waals surface area contributed by atoms with Crippen molar-refractivity contribution in [1.29, 1.82) is 0 Å². The minimum absolute atomic E-state index is 0.0462. The quantitative estimate of drug-likeness (QED) is 0.542. The van der Waals surface area contributed by atoms with Crippen molar-refractivity contribution >= 4 is 10.8 Å². The van der Waals surface area contributed by atoms with Crippen LogP contribution in [0.5, 0.6) is 11.5 Å². The zero-order valence-electron chi connectivity index (χ0n) is 14.9. The first kappa shape index (κ1) is 16.9. The van der Waals surface area contributed by atoms with Gasteiger partial charge < -0.3 is 15.2 Å². The van der Waals surface area contributed by atoms with Crippen molar-refractivity contribution in [2.45, 2.75) is 12.8 Å². The molecule has 0 aliphatic carbocycles. The van der Waals surface area contributed by atoms with Crippen LogP contribution < -0.4 is 10.1 Å². The van der Waals surface area contributed by atoms with Crippen LogP contribution in [0.15, 0.2) is 66.2 Å². The molecule has 1 aliphatic rings. The molecule has 27 heavy (non-hydrogen) atoms. The van der Waals surface area contributed by atoms with Crippen molar-refractivity contribution in [1.82, 2.24) is 5.32 Å². The molecule has 0 radical (unpaired) electrons. The number of nitro groups is 1. The first-order valence-electron chi connectivity index (χ1n) is 8.56. The number of rotatable bonds is 3. The second kappa shape index (κ2) is 6.32. The fraction of sp³-hybridized carbons (Fsp3) is 0.143. The van der Waals surface area contributed by atoms with Crippen LogP contribution in [0.25, 0.3) is 10.8 Å². The van der Waals surface area contributed by atoms with Crippen molar-refractivity contribution in [2.75, 3.05) is 7.05 Å². The van der Waals surface area contributed by atoms with Gasteiger partial charge in [-0.2, -0.15) is 0 Å². The lowest BCUT2D eigenvalue weighted by Crippen LogP contribution is -2.28. The standard InChI is InChI=1S/C21H18N2O4/c1-12-5-3-4-6-15(12)19-18-16-11-14(24)9-7-13(16)8-10-17(18)27-21(22-2)20(19)23(25)26/h3-11,19,22,24H,1-2H3. The van der Waals surface area contributed by atoms with E-state index in [0.29, 0.717) is 11.3 Å². The van der Waals surface area contributed by atoms with Gasteiger partial charge in [0.1, 0.15) is 17.4 Å². The van der Waals surface area contributed by atoms with E-state index in [2.05, 4.69) is 5.32 Å². The summed E-state index contributed by atoms with van der Waals surface area (Å²) in [5, 5.41) is 26.5. The molecule has 1 atom stereocenters. The van der Waals surface area contributed by atoms with Crippen molar-refractivity contribution in [2.24, 2.45) is 0 Å². The molecule has 6 heteroatoms. The van der Waals surface area contributed by atoms with Gasteiger partial charge in [-0.3, -0.25) is 10.1 Å². The highest BCUT2D eigenvalue weighted by Crippen LogP contribution is 2.47. The van der Waals surface area contributed by atoms with E-state index >= 15 is 0 Å². The summed E-state index contributed by atoms with van der Waals surface area (Å²) in [4.78, 5) is 11.6. The van der Waals surface area contributed by atoms with Crippen LogP contribution in [0.3, 0.4) is 0 Å². The number of hydrogen-bond acceptors (Lipinski definition) is 5. The normalized spacial score (nSPS) is 16.0. The number of ether oxygens (including phenoxy) is 1. The minimum Gasteiger partial charge on any atom is -0.508 e. The Bertz CT molecular complexity index is 1100. The largest absolute Gasteiger partial charge is 0.508 e. The lowest BCUT2D eigenvalue weighted by atomic mass is 9.82. The van der Waals surface area contributed by atoms with Gasteiger partial charge in [-0.05, 0) is 47.0 Å². The van der Waals surface area contributed by atoms with Gasteiger partial charge in [0, 0.05) is 12.6 Å². The van der Waals surface area contributed by atoms with E-state index in [1.807, 2.05) is 43.3 Å². The van der Waals surface area contributed by atoms with Crippen LogP contribution in [0, 0.1) is 17.0 Å². The highest BCUT2D eigenvalue weighted by molar-refractivity contribution is 5.90. The second-order valence-corrected chi connectivity index (χ2v) is 6.50. The smallest absolute Gasteiger partial charge is 0.317 e. The van der Waals surface area contributed by atoms with Crippen molar-refractivity contribution in [3.8, 4) is 11.5 Å². The zero-order valence-corrected chi connectivity index (χ0v) is 14.9. The Morgan fingerprint density at radius 3 is 2.59 bits per heavy atom. The summed E-state index contributed by atoms with van der Waals surface area (Å²) < 4.78 is 5.84. The third kappa shape index (κ3) is 2.66. The fourth-order valence-electron chi connectivity index (χ4n) is 3.71. The molecule has 0 fully saturated rings. The van der Waals surface area contributed by atoms with Crippen LogP contribution in [0.1, 0.15) is 22.6 Å². The first-order valence-corrected chi connectivity index (χ1v) is 8.56. The van der Waals surface area contributed by atoms with Crippen LogP contribution >= 0.6 is 0 Å². The predicted octanol–water partition coefficient (Wildman–Crippen LogP) is 4.04. The van der Waals surface area contributed by atoms with Crippen molar-refractivity contribution < 1.29 is 14.8 Å². The van der Waals surface area contributed by atoms with E-state index < -0.39 is 10.8 Å². The van der Waals surface area contributed by atoms with Crippen LogP contribution in [-0.2, 0) is 0 Å². The summed E-state index contributed by atoms with van der Waals surface area (Å²) in [6.45, 7) is 1.93. The topological polar surface area (TPSA) is 84.6 Å². The van der Waals surface area contributed by atoms with Crippen molar-refractivity contribution in [3.63, 3.8) is 0 Å². The molecule has 4 rings (SSSR count). The number of phenols is 1. The number of aryl methyl sites for hydroxylation is 1. The molecule has 0 amide bonds. The molecule has 2 N–H and O–H groups in total. The Kier molecular flexibility index (Phi) is 3.96. The number of hydrogen-bond donors (Lipinski definition) is 2. The molecule has 0 spiro atoms. The molecular formula is C21H18N2O4. The average molecular weight is 362 g/mol. The molecule has 0 saturated carbocycles. The molecule has 0 aromatic heterocycles. The lowest BCUT2D eigenvalue weighted by Gasteiger charge is -2.28. The fourth-order valence-corrected chi connectivity index (χ4v) is 3.71. The molecule has 6 nitrogen and oxygen atoms in total. The Balaban J connectivity index is 2.12. The molecular weight excluding hydrogens is 344 g/mol. The molecule has 0 saturated heterocycles. The Labute approximate surface area is 155 Å². The molecule has 3 aromatic carbocycles. The van der Waals surface area contributed by atoms with Gasteiger partial charge in [-0.25, -0.2) is 0 Å². The lowest BCUT2D eigenvalue weighted by molar-refractivity contribution is -0.432. The molecule has 1 aliphatic heterocycles. The van der Waals surface area contributed by atoms with Gasteiger partial charge in [0.25, 0.3) is 5.88 Å². The van der Waals surface area contributed by atoms with Crippen LogP contribution in [0.2, 0.25) is 0 Å². The molecule has 136 valence electrons. The molecule has 1 heterocycles. The van der Waals surface area contributed by atoms with E-state index in [1.165, 1.54) is 0 Å². The molecule has 3 aromatic rings. The highest BCUT2D eigenvalue weighted by atomic mass is 16.6. The highest BCUT2D eigenvalue weighted by Gasteiger charge is 2.41. The minimum atomic E-state index is -0.627. The van der Waals surface area contributed by atoms with E-state index in [-0.39, 0.29) is 17.3 Å². The van der Waals surface area contributed by atoms with Gasteiger partial charge >= 0.3 is 5.70 Å². The van der Waals surface area contributed by atoms with Gasteiger partial charge in [0.05, 0.1) is 4.92 Å². The van der Waals surface area contributed by atoms with E-state index in [4.69, 9.17) is 4.74 Å². The maximum atomic E-state index is 12.0. The molecule has 0 bridgehead atoms. The summed E-state index contributed by atoms with van der Waals surface area (Å²) in [5.41, 5.74) is 2.41. The number of phenolic OH excluding ortho intramolecular Hbond substituents is 1. The van der Waals surface area contributed by atoms with Crippen LogP contribution in [0.4, 0.5) is 0 Å². The summed E-state index contributed by atoms with van der Waals surface area (Å²) in [7, 11) is 1.60. The SMILES string of the molecule is CNC1=C([N+](=O)[O-])C(c2ccccc2C)c2c(ccc3ccc(O)cc23)O1. The Morgan fingerprint density at radius 2 is 1.89 bits per heavy atom. The second-order valence-electron chi connectivity index (χ2n) is 6.50. The summed E-state index contributed by atoms with van der Waals surface area (Å²) in [5.74, 6) is 0.139. The molecule has 1 unspecified atom stereocenters. The number of benzene rings is 3. The third-order valence-corrected chi connectivity index (χ3v) is 4.94. The summed E-state index contributed by atoms with van der Waals surface area (Å²) in [6.07, 6.45) is 0. The van der Waals surface area contributed by atoms with Crippen molar-refractivity contribution in [3.05, 3.63) is 93.0 Å². The maximum absolute atomic E-state index is 12.0. The maximum Gasteiger partial charge on any atom is 0.317 e. The zero-order chi connectivity index (χ0) is 19.1. The Morgan fingerprint density at radius 1 is 1.15 bits per heavy atom. The summed E-state index contributed by atoms with van der Waals surface area (Å²) in [6, 6.07) is 16.3. The number of nitrogens with one attached hydrogen (secondary N) is 1. The van der Waals surface area contributed by atoms with E-state index in [9.17, 15) is 15.2 Å². The van der Waals surface area contributed by atoms with E-state index in [0.717, 1.165) is 21.9 Å². The summed E-state index contributed by atoms with van der Waals surface area (Å²) >= 11 is 0. The average Bonchev–Trinajstić information content (AvgIpc) is 2.66.